The number of aromatic amines is 1. The van der Waals surface area contributed by atoms with Crippen LogP contribution in [0.15, 0.2) is 6.33 Å². The van der Waals surface area contributed by atoms with E-state index >= 15 is 0 Å². The maximum Gasteiger partial charge on any atom is 0.222 e. The molecule has 1 unspecified atom stereocenters. The number of nitrogens with one attached hydrogen (secondary N) is 1. The summed E-state index contributed by atoms with van der Waals surface area (Å²) in [6.07, 6.45) is 6.25. The third-order valence-corrected chi connectivity index (χ3v) is 3.32. The van der Waals surface area contributed by atoms with Crippen LogP contribution >= 0.6 is 0 Å². The summed E-state index contributed by atoms with van der Waals surface area (Å²) in [5, 5.41) is 6.53. The molecule has 0 spiro atoms. The number of carbonyl (C=O) groups is 1. The maximum atomic E-state index is 12.0. The smallest absolute Gasteiger partial charge is 0.222 e. The van der Waals surface area contributed by atoms with E-state index in [4.69, 9.17) is 5.73 Å². The summed E-state index contributed by atoms with van der Waals surface area (Å²) in [5.74, 6) is 1.43. The topological polar surface area (TPSA) is 87.9 Å². The van der Waals surface area contributed by atoms with Crippen molar-refractivity contribution in [3.05, 3.63) is 12.2 Å². The zero-order valence-corrected chi connectivity index (χ0v) is 11.9. The first-order chi connectivity index (χ1) is 9.17. The average Bonchev–Trinajstić information content (AvgIpc) is 2.89. The van der Waals surface area contributed by atoms with E-state index in [1.165, 1.54) is 6.33 Å². The van der Waals surface area contributed by atoms with E-state index in [2.05, 4.69) is 22.1 Å². The molecule has 1 aromatic rings. The van der Waals surface area contributed by atoms with Crippen LogP contribution in [-0.2, 0) is 11.3 Å². The second-order valence-corrected chi connectivity index (χ2v) is 4.95. The Balaban J connectivity index is 2.32. The molecule has 0 aliphatic heterocycles. The summed E-state index contributed by atoms with van der Waals surface area (Å²) in [6, 6.07) is 0. The number of rotatable bonds is 9. The molecule has 0 fully saturated rings. The predicted molar refractivity (Wildman–Crippen MR) is 74.2 cm³/mol. The fraction of sp³-hybridized carbons (Fsp3) is 0.769. The van der Waals surface area contributed by atoms with Gasteiger partial charge in [-0.25, -0.2) is 4.98 Å². The fourth-order valence-electron chi connectivity index (χ4n) is 2.22. The Hall–Kier alpha value is -1.43. The van der Waals surface area contributed by atoms with Crippen LogP contribution < -0.4 is 5.73 Å². The number of carbonyl (C=O) groups excluding carboxylic acids is 1. The van der Waals surface area contributed by atoms with Crippen molar-refractivity contribution in [3.8, 4) is 0 Å². The minimum absolute atomic E-state index is 0.148. The van der Waals surface area contributed by atoms with E-state index in [-0.39, 0.29) is 5.91 Å². The van der Waals surface area contributed by atoms with Gasteiger partial charge in [0, 0.05) is 13.5 Å². The van der Waals surface area contributed by atoms with Crippen molar-refractivity contribution < 1.29 is 4.79 Å². The van der Waals surface area contributed by atoms with Gasteiger partial charge < -0.3 is 10.6 Å². The molecule has 1 amide bonds. The van der Waals surface area contributed by atoms with E-state index in [9.17, 15) is 4.79 Å². The first-order valence-electron chi connectivity index (χ1n) is 6.95. The summed E-state index contributed by atoms with van der Waals surface area (Å²) in [7, 11) is 1.79. The van der Waals surface area contributed by atoms with Gasteiger partial charge in [-0.2, -0.15) is 5.10 Å². The van der Waals surface area contributed by atoms with Crippen molar-refractivity contribution in [1.29, 1.82) is 0 Å². The van der Waals surface area contributed by atoms with Gasteiger partial charge in [-0.05, 0) is 25.3 Å². The highest BCUT2D eigenvalue weighted by Crippen LogP contribution is 2.17. The molecule has 0 aliphatic rings. The van der Waals surface area contributed by atoms with Crippen molar-refractivity contribution in [2.75, 3.05) is 13.6 Å². The summed E-state index contributed by atoms with van der Waals surface area (Å²) in [4.78, 5) is 17.7. The van der Waals surface area contributed by atoms with Gasteiger partial charge in [0.15, 0.2) is 0 Å². The highest BCUT2D eigenvalue weighted by molar-refractivity contribution is 5.75. The third-order valence-electron chi connectivity index (χ3n) is 3.32. The van der Waals surface area contributed by atoms with Crippen LogP contribution in [0.3, 0.4) is 0 Å². The lowest BCUT2D eigenvalue weighted by atomic mass is 9.94. The first-order valence-corrected chi connectivity index (χ1v) is 6.95. The second kappa shape index (κ2) is 8.63. The van der Waals surface area contributed by atoms with Gasteiger partial charge in [-0.1, -0.05) is 19.8 Å². The lowest BCUT2D eigenvalue weighted by molar-refractivity contribution is -0.130. The number of nitrogens with zero attached hydrogens (tertiary/aromatic N) is 3. The van der Waals surface area contributed by atoms with Gasteiger partial charge in [0.2, 0.25) is 5.91 Å². The SMILES string of the molecule is CCCC(CCN)CCC(=O)N(C)Cc1ncn[nH]1. The number of hydrogen-bond acceptors (Lipinski definition) is 4. The molecule has 0 aliphatic carbocycles. The number of H-pyrrole nitrogens is 1. The molecule has 6 heteroatoms. The molecular formula is C13H25N5O. The van der Waals surface area contributed by atoms with Crippen LogP contribution in [0.25, 0.3) is 0 Å². The Morgan fingerprint density at radius 2 is 2.26 bits per heavy atom. The molecule has 19 heavy (non-hydrogen) atoms. The molecule has 6 nitrogen and oxygen atoms in total. The quantitative estimate of drug-likeness (QED) is 0.706. The van der Waals surface area contributed by atoms with Gasteiger partial charge >= 0.3 is 0 Å². The summed E-state index contributed by atoms with van der Waals surface area (Å²) < 4.78 is 0. The van der Waals surface area contributed by atoms with Crippen LogP contribution in [0.2, 0.25) is 0 Å². The number of aromatic nitrogens is 3. The molecule has 0 aromatic carbocycles. The number of nitrogens with two attached hydrogens (primary N) is 1. The Labute approximate surface area is 114 Å². The zero-order valence-electron chi connectivity index (χ0n) is 11.9. The molecule has 0 bridgehead atoms. The van der Waals surface area contributed by atoms with Crippen molar-refractivity contribution in [2.24, 2.45) is 11.7 Å². The van der Waals surface area contributed by atoms with Gasteiger partial charge in [0.1, 0.15) is 12.2 Å². The summed E-state index contributed by atoms with van der Waals surface area (Å²) in [5.41, 5.74) is 5.60. The van der Waals surface area contributed by atoms with Gasteiger partial charge in [0.05, 0.1) is 6.54 Å². The fourth-order valence-corrected chi connectivity index (χ4v) is 2.22. The van der Waals surface area contributed by atoms with E-state index in [1.807, 2.05) is 0 Å². The van der Waals surface area contributed by atoms with Crippen LogP contribution in [0.1, 0.15) is 44.9 Å². The number of amides is 1. The van der Waals surface area contributed by atoms with E-state index < -0.39 is 0 Å². The zero-order chi connectivity index (χ0) is 14.1. The minimum Gasteiger partial charge on any atom is -0.338 e. The van der Waals surface area contributed by atoms with Crippen molar-refractivity contribution in [3.63, 3.8) is 0 Å². The lowest BCUT2D eigenvalue weighted by Crippen LogP contribution is -2.27. The van der Waals surface area contributed by atoms with Gasteiger partial charge in [-0.15, -0.1) is 0 Å². The molecule has 0 saturated heterocycles. The lowest BCUT2D eigenvalue weighted by Gasteiger charge is -2.18. The van der Waals surface area contributed by atoms with Gasteiger partial charge in [-0.3, -0.25) is 9.89 Å². The highest BCUT2D eigenvalue weighted by Gasteiger charge is 2.14. The molecule has 3 N–H and O–H groups in total. The van der Waals surface area contributed by atoms with Crippen molar-refractivity contribution in [2.45, 2.75) is 45.6 Å². The van der Waals surface area contributed by atoms with Crippen molar-refractivity contribution >= 4 is 5.91 Å². The maximum absolute atomic E-state index is 12.0. The molecule has 1 rings (SSSR count). The summed E-state index contributed by atoms with van der Waals surface area (Å²) in [6.45, 7) is 3.35. The number of hydrogen-bond donors (Lipinski definition) is 2. The Morgan fingerprint density at radius 1 is 1.47 bits per heavy atom. The molecular weight excluding hydrogens is 242 g/mol. The monoisotopic (exact) mass is 267 g/mol. The Bertz CT molecular complexity index is 346. The van der Waals surface area contributed by atoms with E-state index in [0.29, 0.717) is 31.3 Å². The van der Waals surface area contributed by atoms with Crippen molar-refractivity contribution in [1.82, 2.24) is 20.1 Å². The van der Waals surface area contributed by atoms with Gasteiger partial charge in [0.25, 0.3) is 0 Å². The second-order valence-electron chi connectivity index (χ2n) is 4.95. The van der Waals surface area contributed by atoms with Crippen LogP contribution in [0.4, 0.5) is 0 Å². The Morgan fingerprint density at radius 3 is 2.84 bits per heavy atom. The normalized spacial score (nSPS) is 12.4. The minimum atomic E-state index is 0.148. The molecule has 108 valence electrons. The Kier molecular flexibility index (Phi) is 7.10. The highest BCUT2D eigenvalue weighted by atomic mass is 16.2. The molecule has 0 radical (unpaired) electrons. The van der Waals surface area contributed by atoms with Crippen LogP contribution in [-0.4, -0.2) is 39.6 Å². The molecule has 1 atom stereocenters. The summed E-state index contributed by atoms with van der Waals surface area (Å²) >= 11 is 0. The largest absolute Gasteiger partial charge is 0.338 e. The average molecular weight is 267 g/mol. The molecule has 1 heterocycles. The third kappa shape index (κ3) is 5.83. The molecule has 0 saturated carbocycles. The standard InChI is InChI=1S/C13H25N5O/c1-3-4-11(7-8-14)5-6-13(19)18(2)9-12-15-10-16-17-12/h10-11H,3-9,14H2,1-2H3,(H,15,16,17). The van der Waals surface area contributed by atoms with E-state index in [0.717, 1.165) is 25.7 Å². The molecule has 1 aromatic heterocycles. The van der Waals surface area contributed by atoms with Crippen LogP contribution in [0.5, 0.6) is 0 Å². The first kappa shape index (κ1) is 15.6. The van der Waals surface area contributed by atoms with E-state index in [1.54, 1.807) is 11.9 Å². The predicted octanol–water partition coefficient (Wildman–Crippen LogP) is 1.31. The van der Waals surface area contributed by atoms with Crippen LogP contribution in [0, 0.1) is 5.92 Å².